The van der Waals surface area contributed by atoms with Gasteiger partial charge in [-0.05, 0) is 6.92 Å². The molecule has 11 heavy (non-hydrogen) atoms. The van der Waals surface area contributed by atoms with Crippen molar-refractivity contribution >= 4 is 11.5 Å². The summed E-state index contributed by atoms with van der Waals surface area (Å²) in [6.07, 6.45) is 1.31. The van der Waals surface area contributed by atoms with Crippen molar-refractivity contribution in [3.05, 3.63) is 16.3 Å². The van der Waals surface area contributed by atoms with Crippen molar-refractivity contribution in [2.75, 3.05) is 5.73 Å². The Labute approximate surface area is 62.8 Å². The van der Waals surface area contributed by atoms with E-state index in [0.717, 1.165) is 0 Å². The Morgan fingerprint density at radius 2 is 2.55 bits per heavy atom. The van der Waals surface area contributed by atoms with E-state index in [-0.39, 0.29) is 11.5 Å². The molecule has 0 radical (unpaired) electrons. The number of nitrogens with zero attached hydrogens (tertiary/aromatic N) is 3. The quantitative estimate of drug-likeness (QED) is 0.495. The molecule has 0 aliphatic heterocycles. The third kappa shape index (κ3) is 1.28. The summed E-state index contributed by atoms with van der Waals surface area (Å²) in [7, 11) is 0. The monoisotopic (exact) mass is 156 g/mol. The van der Waals surface area contributed by atoms with Gasteiger partial charge < -0.3 is 5.73 Å². The van der Waals surface area contributed by atoms with Gasteiger partial charge in [-0.2, -0.15) is 0 Å². The van der Waals surface area contributed by atoms with Gasteiger partial charge in [-0.3, -0.25) is 14.8 Å². The van der Waals surface area contributed by atoms with Crippen LogP contribution in [0.5, 0.6) is 0 Å². The zero-order valence-corrected chi connectivity index (χ0v) is 6.02. The van der Waals surface area contributed by atoms with Gasteiger partial charge in [0.2, 0.25) is 5.82 Å². The molecule has 0 spiro atoms. The van der Waals surface area contributed by atoms with Crippen molar-refractivity contribution in [2.24, 2.45) is 0 Å². The minimum atomic E-state index is -0.547. The van der Waals surface area contributed by atoms with E-state index in [0.29, 0.717) is 6.54 Å². The maximum Gasteiger partial charge on any atom is 0.330 e. The second kappa shape index (κ2) is 2.57. The van der Waals surface area contributed by atoms with Crippen LogP contribution in [0.4, 0.5) is 11.5 Å². The molecule has 0 atom stereocenters. The lowest BCUT2D eigenvalue weighted by molar-refractivity contribution is -0.384. The van der Waals surface area contributed by atoms with Crippen molar-refractivity contribution in [1.82, 2.24) is 9.78 Å². The molecule has 6 nitrogen and oxygen atoms in total. The summed E-state index contributed by atoms with van der Waals surface area (Å²) in [4.78, 5) is 9.68. The lowest BCUT2D eigenvalue weighted by atomic mass is 10.5. The summed E-state index contributed by atoms with van der Waals surface area (Å²) < 4.78 is 1.42. The lowest BCUT2D eigenvalue weighted by Crippen LogP contribution is -1.95. The number of nitrogens with two attached hydrogens (primary N) is 1. The molecule has 1 rings (SSSR count). The number of nitro groups is 1. The van der Waals surface area contributed by atoms with Crippen molar-refractivity contribution in [3.63, 3.8) is 0 Å². The van der Waals surface area contributed by atoms with Crippen molar-refractivity contribution < 1.29 is 4.92 Å². The highest BCUT2D eigenvalue weighted by Gasteiger charge is 2.14. The predicted molar refractivity (Wildman–Crippen MR) is 39.0 cm³/mol. The molecule has 6 heteroatoms. The van der Waals surface area contributed by atoms with Gasteiger partial charge in [0.25, 0.3) is 0 Å². The molecule has 0 saturated carbocycles. The predicted octanol–water partition coefficient (Wildman–Crippen LogP) is 0.393. The maximum atomic E-state index is 10.2. The van der Waals surface area contributed by atoms with Crippen LogP contribution in [0.2, 0.25) is 0 Å². The van der Waals surface area contributed by atoms with Crippen molar-refractivity contribution in [2.45, 2.75) is 13.5 Å². The number of nitrogen functional groups attached to an aromatic ring is 1. The Morgan fingerprint density at radius 1 is 1.91 bits per heavy atom. The van der Waals surface area contributed by atoms with Crippen molar-refractivity contribution in [3.8, 4) is 0 Å². The van der Waals surface area contributed by atoms with Crippen LogP contribution in [0, 0.1) is 10.1 Å². The summed E-state index contributed by atoms with van der Waals surface area (Å²) in [5.41, 5.74) is 5.11. The van der Waals surface area contributed by atoms with E-state index in [2.05, 4.69) is 5.10 Å². The second-order valence-corrected chi connectivity index (χ2v) is 2.01. The average Bonchev–Trinajstić information content (AvgIpc) is 2.30. The number of rotatable bonds is 2. The highest BCUT2D eigenvalue weighted by Crippen LogP contribution is 2.17. The van der Waals surface area contributed by atoms with E-state index in [9.17, 15) is 10.1 Å². The van der Waals surface area contributed by atoms with Gasteiger partial charge in [0.15, 0.2) is 0 Å². The SMILES string of the molecule is CCn1cc([N+](=O)[O-])c(N)n1. The Bertz CT molecular complexity index is 280. The minimum absolute atomic E-state index is 0.0307. The van der Waals surface area contributed by atoms with Gasteiger partial charge >= 0.3 is 5.69 Å². The molecule has 1 aromatic heterocycles. The minimum Gasteiger partial charge on any atom is -0.376 e. The molecule has 1 aromatic rings. The Hall–Kier alpha value is -1.59. The molecular formula is C5H8N4O2. The molecule has 0 aromatic carbocycles. The molecule has 0 amide bonds. The van der Waals surface area contributed by atoms with E-state index in [1.165, 1.54) is 10.9 Å². The first kappa shape index (κ1) is 7.52. The molecule has 0 saturated heterocycles. The second-order valence-electron chi connectivity index (χ2n) is 2.01. The first-order chi connectivity index (χ1) is 5.15. The lowest BCUT2D eigenvalue weighted by Gasteiger charge is -1.87. The van der Waals surface area contributed by atoms with E-state index in [4.69, 9.17) is 5.73 Å². The molecule has 1 heterocycles. The first-order valence-electron chi connectivity index (χ1n) is 3.12. The molecule has 0 fully saturated rings. The molecule has 0 aliphatic carbocycles. The van der Waals surface area contributed by atoms with Gasteiger partial charge in [0.1, 0.15) is 6.20 Å². The molecule has 0 unspecified atom stereocenters. The van der Waals surface area contributed by atoms with E-state index >= 15 is 0 Å². The van der Waals surface area contributed by atoms with Crippen LogP contribution in [0.15, 0.2) is 6.20 Å². The van der Waals surface area contributed by atoms with E-state index in [1.807, 2.05) is 6.92 Å². The summed E-state index contributed by atoms with van der Waals surface area (Å²) in [6.45, 7) is 2.41. The number of aromatic nitrogens is 2. The van der Waals surface area contributed by atoms with Crippen molar-refractivity contribution in [1.29, 1.82) is 0 Å². The van der Waals surface area contributed by atoms with Crippen LogP contribution < -0.4 is 5.73 Å². The van der Waals surface area contributed by atoms with Crippen LogP contribution in [0.25, 0.3) is 0 Å². The van der Waals surface area contributed by atoms with Crippen LogP contribution in [-0.2, 0) is 6.54 Å². The normalized spacial score (nSPS) is 9.91. The summed E-state index contributed by atoms with van der Waals surface area (Å²) in [5.74, 6) is -0.0307. The molecule has 2 N–H and O–H groups in total. The first-order valence-corrected chi connectivity index (χ1v) is 3.12. The third-order valence-electron chi connectivity index (χ3n) is 1.29. The molecule has 60 valence electrons. The largest absolute Gasteiger partial charge is 0.376 e. The standard InChI is InChI=1S/C5H8N4O2/c1-2-8-3-4(9(10)11)5(6)7-8/h3H,2H2,1H3,(H2,6,7). The fourth-order valence-electron chi connectivity index (χ4n) is 0.728. The van der Waals surface area contributed by atoms with Gasteiger partial charge in [0, 0.05) is 6.54 Å². The van der Waals surface area contributed by atoms with Gasteiger partial charge in [-0.1, -0.05) is 0 Å². The van der Waals surface area contributed by atoms with Crippen LogP contribution in [0.1, 0.15) is 6.92 Å². The zero-order chi connectivity index (χ0) is 8.43. The summed E-state index contributed by atoms with van der Waals surface area (Å²) in [5, 5.41) is 13.9. The van der Waals surface area contributed by atoms with Crippen LogP contribution >= 0.6 is 0 Å². The molecule has 0 bridgehead atoms. The van der Waals surface area contributed by atoms with E-state index < -0.39 is 4.92 Å². The Balaban J connectivity index is 3.07. The summed E-state index contributed by atoms with van der Waals surface area (Å²) >= 11 is 0. The third-order valence-corrected chi connectivity index (χ3v) is 1.29. The highest BCUT2D eigenvalue weighted by atomic mass is 16.6. The van der Waals surface area contributed by atoms with Crippen LogP contribution in [-0.4, -0.2) is 14.7 Å². The Kier molecular flexibility index (Phi) is 1.75. The van der Waals surface area contributed by atoms with Gasteiger partial charge in [0.05, 0.1) is 4.92 Å². The smallest absolute Gasteiger partial charge is 0.330 e. The number of anilines is 1. The topological polar surface area (TPSA) is 87.0 Å². The van der Waals surface area contributed by atoms with Gasteiger partial charge in [-0.15, -0.1) is 5.10 Å². The number of hydrogen-bond donors (Lipinski definition) is 1. The molecule has 0 aliphatic rings. The number of hydrogen-bond acceptors (Lipinski definition) is 4. The molecular weight excluding hydrogens is 148 g/mol. The zero-order valence-electron chi connectivity index (χ0n) is 6.02. The maximum absolute atomic E-state index is 10.2. The fraction of sp³-hybridized carbons (Fsp3) is 0.400. The van der Waals surface area contributed by atoms with Crippen LogP contribution in [0.3, 0.4) is 0 Å². The van der Waals surface area contributed by atoms with Gasteiger partial charge in [-0.25, -0.2) is 0 Å². The summed E-state index contributed by atoms with van der Waals surface area (Å²) in [6, 6.07) is 0. The number of aryl methyl sites for hydroxylation is 1. The fourth-order valence-corrected chi connectivity index (χ4v) is 0.728. The Morgan fingerprint density at radius 3 is 2.82 bits per heavy atom. The average molecular weight is 156 g/mol. The highest BCUT2D eigenvalue weighted by molar-refractivity contribution is 5.50. The van der Waals surface area contributed by atoms with E-state index in [1.54, 1.807) is 0 Å².